The highest BCUT2D eigenvalue weighted by Crippen LogP contribution is 2.28. The van der Waals surface area contributed by atoms with Crippen LogP contribution in [0.1, 0.15) is 5.56 Å². The van der Waals surface area contributed by atoms with Gasteiger partial charge in [0.25, 0.3) is 0 Å². The van der Waals surface area contributed by atoms with E-state index in [4.69, 9.17) is 10.8 Å². The molecule has 15 heavy (non-hydrogen) atoms. The third-order valence-corrected chi connectivity index (χ3v) is 3.03. The Bertz CT molecular complexity index is 544. The molecule has 0 amide bonds. The zero-order chi connectivity index (χ0) is 11.0. The standard InChI is InChI=1S/C9H10N2O3S/c10-6(13)3-4-1-2-5(12)7-8(4)15-9(14)11-7/h1-2,6,12-13H,3,10H2,(H,11,14). The minimum Gasteiger partial charge on any atom is -0.506 e. The van der Waals surface area contributed by atoms with Crippen molar-refractivity contribution in [2.24, 2.45) is 5.73 Å². The fraction of sp³-hybridized carbons (Fsp3) is 0.222. The largest absolute Gasteiger partial charge is 0.506 e. The average Bonchev–Trinajstić information content (AvgIpc) is 2.52. The van der Waals surface area contributed by atoms with Crippen LogP contribution in [0.25, 0.3) is 10.2 Å². The molecule has 0 bridgehead atoms. The number of phenols is 1. The normalized spacial score (nSPS) is 13.2. The van der Waals surface area contributed by atoms with Gasteiger partial charge in [-0.1, -0.05) is 17.4 Å². The summed E-state index contributed by atoms with van der Waals surface area (Å²) in [7, 11) is 0. The van der Waals surface area contributed by atoms with E-state index in [0.29, 0.717) is 10.2 Å². The van der Waals surface area contributed by atoms with E-state index >= 15 is 0 Å². The SMILES string of the molecule is NC(O)Cc1ccc(O)c2[nH]c(=O)sc12. The van der Waals surface area contributed by atoms with E-state index in [1.54, 1.807) is 6.07 Å². The number of H-pyrrole nitrogens is 1. The maximum atomic E-state index is 11.1. The minimum atomic E-state index is -0.963. The second-order valence-corrected chi connectivity index (χ2v) is 4.22. The summed E-state index contributed by atoms with van der Waals surface area (Å²) in [6.07, 6.45) is -0.708. The number of hydrogen-bond acceptors (Lipinski definition) is 5. The van der Waals surface area contributed by atoms with Gasteiger partial charge in [-0.25, -0.2) is 0 Å². The molecule has 1 aromatic heterocycles. The maximum absolute atomic E-state index is 11.1. The van der Waals surface area contributed by atoms with Gasteiger partial charge in [-0.15, -0.1) is 0 Å². The Kier molecular flexibility index (Phi) is 2.47. The van der Waals surface area contributed by atoms with E-state index in [1.165, 1.54) is 6.07 Å². The fourth-order valence-corrected chi connectivity index (χ4v) is 2.34. The summed E-state index contributed by atoms with van der Waals surface area (Å²) in [5, 5.41) is 18.6. The lowest BCUT2D eigenvalue weighted by atomic mass is 10.1. The number of nitrogens with two attached hydrogens (primary N) is 1. The van der Waals surface area contributed by atoms with Crippen molar-refractivity contribution in [1.29, 1.82) is 0 Å². The lowest BCUT2D eigenvalue weighted by Gasteiger charge is -2.05. The van der Waals surface area contributed by atoms with Crippen LogP contribution >= 0.6 is 11.3 Å². The first-order valence-corrected chi connectivity index (χ1v) is 5.17. The number of aromatic nitrogens is 1. The van der Waals surface area contributed by atoms with Crippen LogP contribution in [0.2, 0.25) is 0 Å². The molecule has 0 saturated heterocycles. The van der Waals surface area contributed by atoms with Crippen molar-refractivity contribution in [1.82, 2.24) is 4.98 Å². The van der Waals surface area contributed by atoms with E-state index in [2.05, 4.69) is 4.98 Å². The number of aliphatic hydroxyl groups excluding tert-OH is 1. The first kappa shape index (κ1) is 10.2. The summed E-state index contributed by atoms with van der Waals surface area (Å²) < 4.78 is 0.643. The van der Waals surface area contributed by atoms with Gasteiger partial charge in [-0.2, -0.15) is 0 Å². The van der Waals surface area contributed by atoms with Crippen LogP contribution in [-0.2, 0) is 6.42 Å². The molecule has 2 aromatic rings. The Morgan fingerprint density at radius 3 is 2.93 bits per heavy atom. The molecule has 0 aliphatic rings. The Hall–Kier alpha value is -1.37. The van der Waals surface area contributed by atoms with Crippen molar-refractivity contribution in [3.8, 4) is 5.75 Å². The summed E-state index contributed by atoms with van der Waals surface area (Å²) in [5.41, 5.74) is 6.43. The van der Waals surface area contributed by atoms with Gasteiger partial charge >= 0.3 is 4.87 Å². The quantitative estimate of drug-likeness (QED) is 0.546. The number of hydrogen-bond donors (Lipinski definition) is 4. The van der Waals surface area contributed by atoms with Crippen molar-refractivity contribution < 1.29 is 10.2 Å². The highest BCUT2D eigenvalue weighted by Gasteiger charge is 2.10. The molecule has 80 valence electrons. The number of phenolic OH excluding ortho intramolecular Hbond substituents is 1. The van der Waals surface area contributed by atoms with E-state index < -0.39 is 6.23 Å². The van der Waals surface area contributed by atoms with Crippen LogP contribution in [0, 0.1) is 0 Å². The van der Waals surface area contributed by atoms with Gasteiger partial charge in [0.15, 0.2) is 0 Å². The predicted octanol–water partition coefficient (Wildman–Crippen LogP) is 0.115. The Morgan fingerprint density at radius 2 is 2.27 bits per heavy atom. The van der Waals surface area contributed by atoms with Crippen LogP contribution in [0.4, 0.5) is 0 Å². The number of aromatic hydroxyl groups is 1. The van der Waals surface area contributed by atoms with Crippen molar-refractivity contribution in [2.45, 2.75) is 12.6 Å². The molecule has 0 radical (unpaired) electrons. The number of aromatic amines is 1. The molecule has 6 heteroatoms. The van der Waals surface area contributed by atoms with Crippen molar-refractivity contribution >= 4 is 21.6 Å². The topological polar surface area (TPSA) is 99.3 Å². The molecule has 2 rings (SSSR count). The third-order valence-electron chi connectivity index (χ3n) is 2.07. The molecular weight excluding hydrogens is 216 g/mol. The highest BCUT2D eigenvalue weighted by atomic mass is 32.1. The van der Waals surface area contributed by atoms with Gasteiger partial charge in [0, 0.05) is 6.42 Å². The predicted molar refractivity (Wildman–Crippen MR) is 58.0 cm³/mol. The molecule has 1 aromatic carbocycles. The summed E-state index contributed by atoms with van der Waals surface area (Å²) in [5.74, 6) is 0.0265. The number of aliphatic hydroxyl groups is 1. The maximum Gasteiger partial charge on any atom is 0.305 e. The van der Waals surface area contributed by atoms with Crippen molar-refractivity contribution in [2.75, 3.05) is 0 Å². The van der Waals surface area contributed by atoms with Crippen LogP contribution in [0.15, 0.2) is 16.9 Å². The fourth-order valence-electron chi connectivity index (χ4n) is 1.46. The Balaban J connectivity index is 2.65. The number of benzene rings is 1. The van der Waals surface area contributed by atoms with Crippen molar-refractivity contribution in [3.63, 3.8) is 0 Å². The summed E-state index contributed by atoms with van der Waals surface area (Å²) in [6.45, 7) is 0. The average molecular weight is 226 g/mol. The minimum absolute atomic E-state index is 0.0265. The highest BCUT2D eigenvalue weighted by molar-refractivity contribution is 7.16. The molecule has 5 nitrogen and oxygen atoms in total. The Morgan fingerprint density at radius 1 is 1.53 bits per heavy atom. The molecular formula is C9H10N2O3S. The number of thiazole rings is 1. The molecule has 1 unspecified atom stereocenters. The molecule has 1 heterocycles. The molecule has 5 N–H and O–H groups in total. The van der Waals surface area contributed by atoms with Gasteiger partial charge in [-0.05, 0) is 11.6 Å². The van der Waals surface area contributed by atoms with E-state index in [9.17, 15) is 9.90 Å². The van der Waals surface area contributed by atoms with E-state index in [1.807, 2.05) is 0 Å². The molecule has 0 aliphatic carbocycles. The molecule has 0 fully saturated rings. The molecule has 1 atom stereocenters. The lowest BCUT2D eigenvalue weighted by molar-refractivity contribution is 0.183. The van der Waals surface area contributed by atoms with Gasteiger partial charge in [0.05, 0.1) is 4.70 Å². The first-order chi connectivity index (χ1) is 7.08. The van der Waals surface area contributed by atoms with Crippen LogP contribution in [0.3, 0.4) is 0 Å². The van der Waals surface area contributed by atoms with Crippen LogP contribution in [0.5, 0.6) is 5.75 Å². The van der Waals surface area contributed by atoms with E-state index in [0.717, 1.165) is 16.9 Å². The lowest BCUT2D eigenvalue weighted by Crippen LogP contribution is -2.21. The summed E-state index contributed by atoms with van der Waals surface area (Å²) in [4.78, 5) is 13.4. The number of nitrogens with one attached hydrogen (secondary N) is 1. The molecule has 0 aliphatic heterocycles. The second kappa shape index (κ2) is 3.65. The zero-order valence-electron chi connectivity index (χ0n) is 7.73. The number of rotatable bonds is 2. The Labute approximate surface area is 88.8 Å². The second-order valence-electron chi connectivity index (χ2n) is 3.23. The summed E-state index contributed by atoms with van der Waals surface area (Å²) in [6, 6.07) is 3.13. The van der Waals surface area contributed by atoms with Crippen LogP contribution < -0.4 is 10.6 Å². The van der Waals surface area contributed by atoms with Crippen molar-refractivity contribution in [3.05, 3.63) is 27.4 Å². The van der Waals surface area contributed by atoms with Gasteiger partial charge in [0.1, 0.15) is 17.5 Å². The molecule has 0 saturated carbocycles. The smallest absolute Gasteiger partial charge is 0.305 e. The van der Waals surface area contributed by atoms with Gasteiger partial charge in [-0.3, -0.25) is 4.79 Å². The monoisotopic (exact) mass is 226 g/mol. The van der Waals surface area contributed by atoms with E-state index in [-0.39, 0.29) is 17.0 Å². The van der Waals surface area contributed by atoms with Gasteiger partial charge in [0.2, 0.25) is 0 Å². The third kappa shape index (κ3) is 1.87. The first-order valence-electron chi connectivity index (χ1n) is 4.35. The van der Waals surface area contributed by atoms with Crippen LogP contribution in [-0.4, -0.2) is 21.4 Å². The zero-order valence-corrected chi connectivity index (χ0v) is 8.54. The number of fused-ring (bicyclic) bond motifs is 1. The van der Waals surface area contributed by atoms with Gasteiger partial charge < -0.3 is 20.9 Å². The molecule has 0 spiro atoms. The summed E-state index contributed by atoms with van der Waals surface area (Å²) >= 11 is 0.997.